The summed E-state index contributed by atoms with van der Waals surface area (Å²) in [4.78, 5) is 21.9. The zero-order valence-corrected chi connectivity index (χ0v) is 12.7. The lowest BCUT2D eigenvalue weighted by Gasteiger charge is -2.07. The van der Waals surface area contributed by atoms with Gasteiger partial charge in [-0.2, -0.15) is 0 Å². The maximum Gasteiger partial charge on any atom is 0.270 e. The number of fused-ring (bicyclic) bond motifs is 1. The Hall–Kier alpha value is -3.20. The van der Waals surface area contributed by atoms with E-state index in [4.69, 9.17) is 0 Å². The quantitative estimate of drug-likeness (QED) is 0.447. The Morgan fingerprint density at radius 1 is 1.22 bits per heavy atom. The molecule has 2 aromatic heterocycles. The van der Waals surface area contributed by atoms with E-state index in [0.29, 0.717) is 16.9 Å². The number of aromatic amines is 1. The highest BCUT2D eigenvalue weighted by Gasteiger charge is 2.12. The molecule has 0 fully saturated rings. The van der Waals surface area contributed by atoms with E-state index in [-0.39, 0.29) is 11.6 Å². The van der Waals surface area contributed by atoms with Crippen LogP contribution >= 0.6 is 0 Å². The van der Waals surface area contributed by atoms with Gasteiger partial charge in [0.2, 0.25) is 0 Å². The van der Waals surface area contributed by atoms with Gasteiger partial charge in [-0.1, -0.05) is 25.8 Å². The number of aromatic nitrogens is 3. The van der Waals surface area contributed by atoms with Crippen molar-refractivity contribution in [3.8, 4) is 11.8 Å². The van der Waals surface area contributed by atoms with Crippen LogP contribution in [0.5, 0.6) is 0 Å². The van der Waals surface area contributed by atoms with Crippen LogP contribution in [0.2, 0.25) is 0 Å². The lowest BCUT2D eigenvalue weighted by molar-refractivity contribution is -0.384. The number of nitro benzene ring substituents is 1. The molecule has 3 aromatic rings. The number of benzene rings is 1. The molecule has 0 aliphatic carbocycles. The monoisotopic (exact) mass is 306 g/mol. The number of nitrogens with one attached hydrogen (secondary N) is 1. The summed E-state index contributed by atoms with van der Waals surface area (Å²) in [5, 5.41) is 11.8. The number of hydrogen-bond donors (Lipinski definition) is 1. The molecule has 0 aliphatic heterocycles. The zero-order chi connectivity index (χ0) is 16.4. The standard InChI is InChI=1S/C17H14N4O2/c1-11(2)14-5-4-13(21(22)23)9-12(14)3-6-16-15-7-8-18-17(15)20-10-19-16/h4-5,7-11H,1-2H3,(H,18,19,20). The highest BCUT2D eigenvalue weighted by molar-refractivity contribution is 5.80. The van der Waals surface area contributed by atoms with Crippen LogP contribution in [0.25, 0.3) is 11.0 Å². The van der Waals surface area contributed by atoms with E-state index in [1.54, 1.807) is 12.3 Å². The van der Waals surface area contributed by atoms with Crippen LogP contribution in [0, 0.1) is 22.0 Å². The van der Waals surface area contributed by atoms with Crippen molar-refractivity contribution in [2.24, 2.45) is 0 Å². The molecule has 1 N–H and O–H groups in total. The molecule has 23 heavy (non-hydrogen) atoms. The summed E-state index contributed by atoms with van der Waals surface area (Å²) in [7, 11) is 0. The predicted octanol–water partition coefficient (Wildman–Crippen LogP) is 3.39. The number of nitro groups is 1. The Morgan fingerprint density at radius 2 is 2.04 bits per heavy atom. The van der Waals surface area contributed by atoms with Gasteiger partial charge < -0.3 is 4.98 Å². The summed E-state index contributed by atoms with van der Waals surface area (Å²) < 4.78 is 0. The number of nitrogens with zero attached hydrogens (tertiary/aromatic N) is 3. The van der Waals surface area contributed by atoms with E-state index in [9.17, 15) is 10.1 Å². The first-order valence-corrected chi connectivity index (χ1v) is 7.14. The van der Waals surface area contributed by atoms with Crippen molar-refractivity contribution < 1.29 is 4.92 Å². The largest absolute Gasteiger partial charge is 0.346 e. The van der Waals surface area contributed by atoms with Crippen molar-refractivity contribution in [3.05, 3.63) is 63.7 Å². The predicted molar refractivity (Wildman–Crippen MR) is 87.1 cm³/mol. The van der Waals surface area contributed by atoms with Crippen LogP contribution < -0.4 is 0 Å². The number of hydrogen-bond acceptors (Lipinski definition) is 4. The summed E-state index contributed by atoms with van der Waals surface area (Å²) in [6.07, 6.45) is 3.22. The van der Waals surface area contributed by atoms with E-state index >= 15 is 0 Å². The van der Waals surface area contributed by atoms with Gasteiger partial charge in [-0.05, 0) is 23.5 Å². The van der Waals surface area contributed by atoms with Gasteiger partial charge >= 0.3 is 0 Å². The van der Waals surface area contributed by atoms with Crippen molar-refractivity contribution in [2.75, 3.05) is 0 Å². The molecule has 0 amide bonds. The van der Waals surface area contributed by atoms with Gasteiger partial charge in [-0.25, -0.2) is 9.97 Å². The van der Waals surface area contributed by atoms with Gasteiger partial charge in [0.1, 0.15) is 17.7 Å². The average molecular weight is 306 g/mol. The average Bonchev–Trinajstić information content (AvgIpc) is 3.01. The molecule has 6 heteroatoms. The highest BCUT2D eigenvalue weighted by atomic mass is 16.6. The fraction of sp³-hybridized carbons (Fsp3) is 0.176. The Labute approximate surface area is 132 Å². The molecule has 0 unspecified atom stereocenters. The van der Waals surface area contributed by atoms with Gasteiger partial charge in [0.15, 0.2) is 0 Å². The fourth-order valence-corrected chi connectivity index (χ4v) is 2.37. The fourth-order valence-electron chi connectivity index (χ4n) is 2.37. The summed E-state index contributed by atoms with van der Waals surface area (Å²) in [5.74, 6) is 6.26. The first kappa shape index (κ1) is 14.7. The van der Waals surface area contributed by atoms with E-state index in [0.717, 1.165) is 10.9 Å². The van der Waals surface area contributed by atoms with E-state index in [1.807, 2.05) is 19.9 Å². The molecule has 3 rings (SSSR count). The Morgan fingerprint density at radius 3 is 2.78 bits per heavy atom. The second-order valence-electron chi connectivity index (χ2n) is 5.40. The Bertz CT molecular complexity index is 948. The lowest BCUT2D eigenvalue weighted by atomic mass is 9.97. The highest BCUT2D eigenvalue weighted by Crippen LogP contribution is 2.23. The molecule has 2 heterocycles. The molecule has 1 aromatic carbocycles. The molecule has 0 spiro atoms. The molecule has 0 atom stereocenters. The molecule has 6 nitrogen and oxygen atoms in total. The minimum atomic E-state index is -0.412. The van der Waals surface area contributed by atoms with Crippen LogP contribution in [0.1, 0.15) is 36.6 Å². The van der Waals surface area contributed by atoms with E-state index < -0.39 is 4.92 Å². The summed E-state index contributed by atoms with van der Waals surface area (Å²) >= 11 is 0. The lowest BCUT2D eigenvalue weighted by Crippen LogP contribution is -1.96. The molecule has 0 saturated carbocycles. The molecular weight excluding hydrogens is 292 g/mol. The Balaban J connectivity index is 2.11. The maximum atomic E-state index is 11.0. The second kappa shape index (κ2) is 5.89. The van der Waals surface area contributed by atoms with Crippen LogP contribution in [0.4, 0.5) is 5.69 Å². The van der Waals surface area contributed by atoms with Gasteiger partial charge in [0.05, 0.1) is 10.3 Å². The van der Waals surface area contributed by atoms with Gasteiger partial charge in [0.25, 0.3) is 5.69 Å². The van der Waals surface area contributed by atoms with Crippen molar-refractivity contribution >= 4 is 16.7 Å². The third-order valence-electron chi connectivity index (χ3n) is 3.54. The third-order valence-corrected chi connectivity index (χ3v) is 3.54. The van der Waals surface area contributed by atoms with Gasteiger partial charge in [-0.3, -0.25) is 10.1 Å². The van der Waals surface area contributed by atoms with Gasteiger partial charge in [0, 0.05) is 23.9 Å². The van der Waals surface area contributed by atoms with Crippen LogP contribution in [-0.4, -0.2) is 19.9 Å². The smallest absolute Gasteiger partial charge is 0.270 e. The molecule has 114 valence electrons. The minimum Gasteiger partial charge on any atom is -0.346 e. The van der Waals surface area contributed by atoms with Crippen molar-refractivity contribution in [2.45, 2.75) is 19.8 Å². The van der Waals surface area contributed by atoms with Crippen LogP contribution in [0.3, 0.4) is 0 Å². The third kappa shape index (κ3) is 2.90. The summed E-state index contributed by atoms with van der Waals surface area (Å²) in [6.45, 7) is 4.06. The number of rotatable bonds is 2. The van der Waals surface area contributed by atoms with Crippen molar-refractivity contribution in [1.29, 1.82) is 0 Å². The minimum absolute atomic E-state index is 0.0354. The summed E-state index contributed by atoms with van der Waals surface area (Å²) in [5.41, 5.74) is 2.97. The second-order valence-corrected chi connectivity index (χ2v) is 5.40. The molecule has 0 aliphatic rings. The first-order chi connectivity index (χ1) is 11.1. The maximum absolute atomic E-state index is 11.0. The van der Waals surface area contributed by atoms with Crippen LogP contribution in [-0.2, 0) is 0 Å². The normalized spacial score (nSPS) is 10.6. The summed E-state index contributed by atoms with van der Waals surface area (Å²) in [6, 6.07) is 6.64. The van der Waals surface area contributed by atoms with E-state index in [1.165, 1.54) is 18.5 Å². The number of H-pyrrole nitrogens is 1. The molecule has 0 bridgehead atoms. The molecule has 0 saturated heterocycles. The van der Waals surface area contributed by atoms with E-state index in [2.05, 4.69) is 26.8 Å². The SMILES string of the molecule is CC(C)c1ccc([N+](=O)[O-])cc1C#Cc1ncnc2[nH]ccc12. The van der Waals surface area contributed by atoms with Crippen molar-refractivity contribution in [3.63, 3.8) is 0 Å². The number of non-ortho nitro benzene ring substituents is 1. The molecular formula is C17H14N4O2. The van der Waals surface area contributed by atoms with Gasteiger partial charge in [-0.15, -0.1) is 0 Å². The van der Waals surface area contributed by atoms with Crippen molar-refractivity contribution in [1.82, 2.24) is 15.0 Å². The zero-order valence-electron chi connectivity index (χ0n) is 12.7. The van der Waals surface area contributed by atoms with Crippen LogP contribution in [0.15, 0.2) is 36.8 Å². The Kier molecular flexibility index (Phi) is 3.77. The molecule has 0 radical (unpaired) electrons. The first-order valence-electron chi connectivity index (χ1n) is 7.14. The topological polar surface area (TPSA) is 84.7 Å².